The Balaban J connectivity index is 2.48. The molecule has 1 aromatic rings. The SMILES string of the molecule is CC(=O)NC(=O)CC(=O)Nc1ccc(COO)cc1. The Bertz CT molecular complexity index is 470. The second-order valence-corrected chi connectivity index (χ2v) is 3.80. The third kappa shape index (κ3) is 5.75. The van der Waals surface area contributed by atoms with Crippen molar-refractivity contribution in [2.75, 3.05) is 5.32 Å². The largest absolute Gasteiger partial charge is 0.326 e. The van der Waals surface area contributed by atoms with E-state index in [2.05, 4.69) is 10.2 Å². The van der Waals surface area contributed by atoms with Gasteiger partial charge in [0.25, 0.3) is 0 Å². The molecule has 0 aromatic heterocycles. The van der Waals surface area contributed by atoms with Gasteiger partial charge in [-0.15, -0.1) is 0 Å². The summed E-state index contributed by atoms with van der Waals surface area (Å²) in [5, 5.41) is 12.8. The van der Waals surface area contributed by atoms with Gasteiger partial charge in [-0.1, -0.05) is 12.1 Å². The molecule has 0 saturated heterocycles. The molecule has 1 rings (SSSR count). The van der Waals surface area contributed by atoms with Crippen LogP contribution in [0.3, 0.4) is 0 Å². The molecule has 0 heterocycles. The fourth-order valence-corrected chi connectivity index (χ4v) is 1.35. The van der Waals surface area contributed by atoms with E-state index in [0.717, 1.165) is 5.56 Å². The minimum absolute atomic E-state index is 0.0508. The van der Waals surface area contributed by atoms with E-state index in [0.29, 0.717) is 5.69 Å². The molecule has 3 N–H and O–H groups in total. The number of anilines is 1. The van der Waals surface area contributed by atoms with Gasteiger partial charge < -0.3 is 5.32 Å². The average Bonchev–Trinajstić information content (AvgIpc) is 2.30. The van der Waals surface area contributed by atoms with Gasteiger partial charge in [-0.05, 0) is 17.7 Å². The van der Waals surface area contributed by atoms with Crippen molar-refractivity contribution in [2.45, 2.75) is 20.0 Å². The van der Waals surface area contributed by atoms with Gasteiger partial charge in [0.1, 0.15) is 13.0 Å². The molecular formula is C12H14N2O5. The molecule has 0 atom stereocenters. The molecule has 0 aliphatic carbocycles. The quantitative estimate of drug-likeness (QED) is 0.412. The summed E-state index contributed by atoms with van der Waals surface area (Å²) in [5.41, 5.74) is 1.23. The zero-order valence-electron chi connectivity index (χ0n) is 10.3. The maximum atomic E-state index is 11.5. The first-order chi connectivity index (χ1) is 9.01. The van der Waals surface area contributed by atoms with Gasteiger partial charge in [-0.25, -0.2) is 4.89 Å². The van der Waals surface area contributed by atoms with Gasteiger partial charge in [-0.3, -0.25) is 25.0 Å². The summed E-state index contributed by atoms with van der Waals surface area (Å²) < 4.78 is 0. The highest BCUT2D eigenvalue weighted by molar-refractivity contribution is 6.07. The number of amides is 3. The van der Waals surface area contributed by atoms with Gasteiger partial charge in [0.05, 0.1) is 0 Å². The van der Waals surface area contributed by atoms with Crippen LogP contribution < -0.4 is 10.6 Å². The van der Waals surface area contributed by atoms with Gasteiger partial charge in [-0.2, -0.15) is 0 Å². The van der Waals surface area contributed by atoms with E-state index in [4.69, 9.17) is 5.26 Å². The van der Waals surface area contributed by atoms with Crippen molar-refractivity contribution in [3.63, 3.8) is 0 Å². The fourth-order valence-electron chi connectivity index (χ4n) is 1.35. The first-order valence-electron chi connectivity index (χ1n) is 5.47. The molecule has 19 heavy (non-hydrogen) atoms. The second-order valence-electron chi connectivity index (χ2n) is 3.80. The van der Waals surface area contributed by atoms with Crippen molar-refractivity contribution in [3.05, 3.63) is 29.8 Å². The number of hydrogen-bond donors (Lipinski definition) is 3. The molecule has 7 heteroatoms. The van der Waals surface area contributed by atoms with Crippen molar-refractivity contribution in [1.82, 2.24) is 5.32 Å². The van der Waals surface area contributed by atoms with E-state index in [1.54, 1.807) is 24.3 Å². The number of carbonyl (C=O) groups is 3. The molecule has 1 aromatic carbocycles. The topological polar surface area (TPSA) is 105 Å². The molecule has 0 unspecified atom stereocenters. The van der Waals surface area contributed by atoms with Crippen molar-refractivity contribution >= 4 is 23.4 Å². The average molecular weight is 266 g/mol. The molecule has 102 valence electrons. The van der Waals surface area contributed by atoms with Crippen LogP contribution in [-0.4, -0.2) is 23.0 Å². The van der Waals surface area contributed by atoms with E-state index >= 15 is 0 Å². The highest BCUT2D eigenvalue weighted by Crippen LogP contribution is 2.10. The highest BCUT2D eigenvalue weighted by Gasteiger charge is 2.10. The van der Waals surface area contributed by atoms with E-state index < -0.39 is 24.1 Å². The maximum Gasteiger partial charge on any atom is 0.235 e. The summed E-state index contributed by atoms with van der Waals surface area (Å²) >= 11 is 0. The number of nitrogens with one attached hydrogen (secondary N) is 2. The lowest BCUT2D eigenvalue weighted by Gasteiger charge is -2.06. The van der Waals surface area contributed by atoms with E-state index in [1.807, 2.05) is 5.32 Å². The second kappa shape index (κ2) is 7.24. The molecule has 0 bridgehead atoms. The first-order valence-corrected chi connectivity index (χ1v) is 5.47. The van der Waals surface area contributed by atoms with Crippen LogP contribution in [0.1, 0.15) is 18.9 Å². The Morgan fingerprint density at radius 3 is 2.32 bits per heavy atom. The Kier molecular flexibility index (Phi) is 5.65. The number of imide groups is 1. The number of rotatable bonds is 5. The van der Waals surface area contributed by atoms with E-state index in [-0.39, 0.29) is 6.61 Å². The summed E-state index contributed by atoms with van der Waals surface area (Å²) in [7, 11) is 0. The number of hydrogen-bond acceptors (Lipinski definition) is 5. The van der Waals surface area contributed by atoms with Crippen molar-refractivity contribution in [1.29, 1.82) is 0 Å². The monoisotopic (exact) mass is 266 g/mol. The summed E-state index contributed by atoms with van der Waals surface area (Å²) in [4.78, 5) is 37.2. The van der Waals surface area contributed by atoms with E-state index in [1.165, 1.54) is 6.92 Å². The Hall–Kier alpha value is -2.25. The lowest BCUT2D eigenvalue weighted by Crippen LogP contribution is -2.31. The predicted octanol–water partition coefficient (Wildman–Crippen LogP) is 0.667. The normalized spacial score (nSPS) is 9.79. The Morgan fingerprint density at radius 2 is 1.79 bits per heavy atom. The lowest BCUT2D eigenvalue weighted by molar-refractivity contribution is -0.253. The van der Waals surface area contributed by atoms with Crippen LogP contribution in [0.4, 0.5) is 5.69 Å². The van der Waals surface area contributed by atoms with E-state index in [9.17, 15) is 14.4 Å². The summed E-state index contributed by atoms with van der Waals surface area (Å²) in [5.74, 6) is -1.69. The number of carbonyl (C=O) groups excluding carboxylic acids is 3. The molecule has 0 radical (unpaired) electrons. The van der Waals surface area contributed by atoms with Crippen molar-refractivity contribution in [2.24, 2.45) is 0 Å². The minimum Gasteiger partial charge on any atom is -0.326 e. The summed E-state index contributed by atoms with van der Waals surface area (Å²) in [6, 6.07) is 6.52. The molecule has 7 nitrogen and oxygen atoms in total. The van der Waals surface area contributed by atoms with Crippen LogP contribution in [0.15, 0.2) is 24.3 Å². The van der Waals surface area contributed by atoms with Crippen molar-refractivity contribution in [3.8, 4) is 0 Å². The van der Waals surface area contributed by atoms with Gasteiger partial charge in [0, 0.05) is 12.6 Å². The van der Waals surface area contributed by atoms with Crippen LogP contribution >= 0.6 is 0 Å². The third-order valence-electron chi connectivity index (χ3n) is 2.11. The van der Waals surface area contributed by atoms with Gasteiger partial charge >= 0.3 is 0 Å². The van der Waals surface area contributed by atoms with Gasteiger partial charge in [0.15, 0.2) is 0 Å². The highest BCUT2D eigenvalue weighted by atomic mass is 17.1. The van der Waals surface area contributed by atoms with Crippen LogP contribution in [0.2, 0.25) is 0 Å². The smallest absolute Gasteiger partial charge is 0.235 e. The maximum absolute atomic E-state index is 11.5. The minimum atomic E-state index is -0.657. The Morgan fingerprint density at radius 1 is 1.16 bits per heavy atom. The summed E-state index contributed by atoms with van der Waals surface area (Å²) in [6.45, 7) is 1.24. The summed E-state index contributed by atoms with van der Waals surface area (Å²) in [6.07, 6.45) is -0.429. The van der Waals surface area contributed by atoms with Crippen LogP contribution in [0, 0.1) is 0 Å². The molecule has 0 aliphatic rings. The standard InChI is InChI=1S/C12H14N2O5/c1-8(15)13-11(16)6-12(17)14-10-4-2-9(3-5-10)7-19-18/h2-5,18H,6-7H2,1H3,(H,14,17)(H,13,15,16). The zero-order valence-corrected chi connectivity index (χ0v) is 10.3. The van der Waals surface area contributed by atoms with Crippen molar-refractivity contribution < 1.29 is 24.5 Å². The van der Waals surface area contributed by atoms with Gasteiger partial charge in [0.2, 0.25) is 17.7 Å². The zero-order chi connectivity index (χ0) is 14.3. The molecule has 3 amide bonds. The van der Waals surface area contributed by atoms with Crippen LogP contribution in [-0.2, 0) is 25.9 Å². The first kappa shape index (κ1) is 14.8. The lowest BCUT2D eigenvalue weighted by atomic mass is 10.2. The number of benzene rings is 1. The molecular weight excluding hydrogens is 252 g/mol. The Labute approximate surface area is 109 Å². The molecule has 0 saturated carbocycles. The molecule has 0 spiro atoms. The molecule has 0 fully saturated rings. The van der Waals surface area contributed by atoms with Crippen LogP contribution in [0.5, 0.6) is 0 Å². The predicted molar refractivity (Wildman–Crippen MR) is 65.9 cm³/mol. The molecule has 0 aliphatic heterocycles. The fraction of sp³-hybridized carbons (Fsp3) is 0.250. The third-order valence-corrected chi connectivity index (χ3v) is 2.11. The van der Waals surface area contributed by atoms with Crippen LogP contribution in [0.25, 0.3) is 0 Å².